The van der Waals surface area contributed by atoms with Gasteiger partial charge in [0.15, 0.2) is 5.82 Å². The molecule has 4 rings (SSSR count). The van der Waals surface area contributed by atoms with Crippen molar-refractivity contribution in [2.45, 2.75) is 0 Å². The van der Waals surface area contributed by atoms with Crippen molar-refractivity contribution in [1.82, 2.24) is 14.9 Å². The van der Waals surface area contributed by atoms with Crippen LogP contribution in [0.1, 0.15) is 10.6 Å². The molecular formula is C19H18N4O3. The zero-order valence-corrected chi connectivity index (χ0v) is 14.1. The summed E-state index contributed by atoms with van der Waals surface area (Å²) in [7, 11) is 0. The van der Waals surface area contributed by atoms with Gasteiger partial charge in [-0.15, -0.1) is 0 Å². The first-order chi connectivity index (χ1) is 12.6. The number of nitrogens with zero attached hydrogens (tertiary/aromatic N) is 3. The first kappa shape index (κ1) is 16.1. The number of aromatic amines is 1. The van der Waals surface area contributed by atoms with E-state index in [1.54, 1.807) is 41.3 Å². The van der Waals surface area contributed by atoms with Crippen LogP contribution in [-0.4, -0.2) is 52.1 Å². The van der Waals surface area contributed by atoms with E-state index in [1.165, 1.54) is 0 Å². The number of hydrogen-bond acceptors (Lipinski definition) is 5. The first-order valence-electron chi connectivity index (χ1n) is 8.44. The molecule has 2 N–H and O–H groups in total. The quantitative estimate of drug-likeness (QED) is 0.733. The number of hydrogen-bond donors (Lipinski definition) is 2. The van der Waals surface area contributed by atoms with Gasteiger partial charge in [0.25, 0.3) is 11.5 Å². The summed E-state index contributed by atoms with van der Waals surface area (Å²) in [6.45, 7) is 2.43. The zero-order chi connectivity index (χ0) is 18.1. The largest absolute Gasteiger partial charge is 0.508 e. The van der Waals surface area contributed by atoms with Crippen molar-refractivity contribution < 1.29 is 9.90 Å². The third kappa shape index (κ3) is 2.99. The number of H-pyrrole nitrogens is 1. The summed E-state index contributed by atoms with van der Waals surface area (Å²) in [6.07, 6.45) is 0. The molecule has 1 aromatic heterocycles. The Kier molecular flexibility index (Phi) is 4.04. The van der Waals surface area contributed by atoms with Crippen LogP contribution >= 0.6 is 0 Å². The summed E-state index contributed by atoms with van der Waals surface area (Å²) in [4.78, 5) is 35.6. The molecule has 26 heavy (non-hydrogen) atoms. The summed E-state index contributed by atoms with van der Waals surface area (Å²) in [5.74, 6) is 0.0406. The van der Waals surface area contributed by atoms with Crippen molar-refractivity contribution in [3.63, 3.8) is 0 Å². The number of carbonyl (C=O) groups is 1. The number of piperazine rings is 1. The minimum Gasteiger partial charge on any atom is -0.508 e. The van der Waals surface area contributed by atoms with Gasteiger partial charge < -0.3 is 19.9 Å². The molecule has 0 unspecified atom stereocenters. The van der Waals surface area contributed by atoms with Gasteiger partial charge in [-0.2, -0.15) is 0 Å². The average molecular weight is 350 g/mol. The van der Waals surface area contributed by atoms with E-state index in [9.17, 15) is 14.7 Å². The average Bonchev–Trinajstić information content (AvgIpc) is 2.68. The highest BCUT2D eigenvalue weighted by Crippen LogP contribution is 2.20. The van der Waals surface area contributed by atoms with Gasteiger partial charge in [-0.05, 0) is 36.4 Å². The number of carbonyl (C=O) groups excluding carboxylic acids is 1. The van der Waals surface area contributed by atoms with Gasteiger partial charge in [0, 0.05) is 31.9 Å². The minimum absolute atomic E-state index is 0.0757. The highest BCUT2D eigenvalue weighted by Gasteiger charge is 2.24. The van der Waals surface area contributed by atoms with E-state index in [-0.39, 0.29) is 23.0 Å². The van der Waals surface area contributed by atoms with Crippen molar-refractivity contribution in [2.24, 2.45) is 0 Å². The molecule has 2 aromatic carbocycles. The molecule has 3 aromatic rings. The smallest absolute Gasteiger partial charge is 0.289 e. The molecule has 7 nitrogen and oxygen atoms in total. The van der Waals surface area contributed by atoms with Gasteiger partial charge in [0.2, 0.25) is 0 Å². The third-order valence-corrected chi connectivity index (χ3v) is 4.60. The van der Waals surface area contributed by atoms with Crippen molar-refractivity contribution in [3.05, 3.63) is 64.7 Å². The normalized spacial score (nSPS) is 14.6. The SMILES string of the molecule is O=C(c1nc2ccccc2c(=O)[nH]1)N1CCN(c2ccc(O)cc2)CC1. The topological polar surface area (TPSA) is 89.5 Å². The van der Waals surface area contributed by atoms with E-state index in [4.69, 9.17) is 0 Å². The van der Waals surface area contributed by atoms with Crippen molar-refractivity contribution in [2.75, 3.05) is 31.1 Å². The lowest BCUT2D eigenvalue weighted by Gasteiger charge is -2.35. The molecule has 0 bridgehead atoms. The lowest BCUT2D eigenvalue weighted by Crippen LogP contribution is -2.49. The molecule has 1 aliphatic heterocycles. The van der Waals surface area contributed by atoms with E-state index < -0.39 is 0 Å². The second-order valence-electron chi connectivity index (χ2n) is 6.23. The lowest BCUT2D eigenvalue weighted by atomic mass is 10.2. The number of nitrogens with one attached hydrogen (secondary N) is 1. The Balaban J connectivity index is 1.50. The number of anilines is 1. The fourth-order valence-corrected chi connectivity index (χ4v) is 3.17. The van der Waals surface area contributed by atoms with Crippen molar-refractivity contribution in [1.29, 1.82) is 0 Å². The minimum atomic E-state index is -0.304. The predicted octanol–water partition coefficient (Wildman–Crippen LogP) is 1.59. The first-order valence-corrected chi connectivity index (χ1v) is 8.44. The fourth-order valence-electron chi connectivity index (χ4n) is 3.17. The highest BCUT2D eigenvalue weighted by atomic mass is 16.3. The molecule has 1 fully saturated rings. The Morgan fingerprint density at radius 1 is 1.00 bits per heavy atom. The number of para-hydroxylation sites is 1. The maximum Gasteiger partial charge on any atom is 0.289 e. The highest BCUT2D eigenvalue weighted by molar-refractivity contribution is 5.92. The van der Waals surface area contributed by atoms with Crippen LogP contribution in [0.2, 0.25) is 0 Å². The summed E-state index contributed by atoms with van der Waals surface area (Å²) in [5, 5.41) is 9.86. The number of fused-ring (bicyclic) bond motifs is 1. The van der Waals surface area contributed by atoms with E-state index in [0.29, 0.717) is 37.1 Å². The van der Waals surface area contributed by atoms with Crippen LogP contribution < -0.4 is 10.5 Å². The van der Waals surface area contributed by atoms with Crippen LogP contribution in [0.3, 0.4) is 0 Å². The van der Waals surface area contributed by atoms with Crippen LogP contribution in [0.5, 0.6) is 5.75 Å². The Morgan fingerprint density at radius 3 is 2.42 bits per heavy atom. The number of phenolic OH excluding ortho intramolecular Hbond substituents is 1. The van der Waals surface area contributed by atoms with Gasteiger partial charge in [-0.1, -0.05) is 12.1 Å². The number of amides is 1. The predicted molar refractivity (Wildman–Crippen MR) is 98.6 cm³/mol. The second-order valence-corrected chi connectivity index (χ2v) is 6.23. The van der Waals surface area contributed by atoms with E-state index in [0.717, 1.165) is 5.69 Å². The van der Waals surface area contributed by atoms with Gasteiger partial charge in [-0.3, -0.25) is 9.59 Å². The maximum atomic E-state index is 12.7. The zero-order valence-electron chi connectivity index (χ0n) is 14.1. The molecule has 1 amide bonds. The molecule has 0 spiro atoms. The number of aromatic nitrogens is 2. The molecule has 7 heteroatoms. The van der Waals surface area contributed by atoms with Crippen molar-refractivity contribution in [3.8, 4) is 5.75 Å². The number of benzene rings is 2. The van der Waals surface area contributed by atoms with Crippen LogP contribution in [-0.2, 0) is 0 Å². The number of phenols is 1. The molecule has 2 heterocycles. The Labute approximate surface area is 149 Å². The summed E-state index contributed by atoms with van der Waals surface area (Å²) >= 11 is 0. The van der Waals surface area contributed by atoms with Gasteiger partial charge in [0.05, 0.1) is 10.9 Å². The summed E-state index contributed by atoms with van der Waals surface area (Å²) < 4.78 is 0. The fraction of sp³-hybridized carbons (Fsp3) is 0.211. The second kappa shape index (κ2) is 6.51. The molecule has 0 aliphatic carbocycles. The molecular weight excluding hydrogens is 332 g/mol. The number of rotatable bonds is 2. The standard InChI is InChI=1S/C19H18N4O3/c24-14-7-5-13(6-8-14)22-9-11-23(12-10-22)19(26)17-20-16-4-2-1-3-15(16)18(25)21-17/h1-8,24H,9-12H2,(H,20,21,25). The Morgan fingerprint density at radius 2 is 1.69 bits per heavy atom. The molecule has 1 aliphatic rings. The summed E-state index contributed by atoms with van der Waals surface area (Å²) in [6, 6.07) is 14.0. The Hall–Kier alpha value is -3.35. The van der Waals surface area contributed by atoms with Gasteiger partial charge in [-0.25, -0.2) is 4.98 Å². The van der Waals surface area contributed by atoms with Crippen LogP contribution in [0.4, 0.5) is 5.69 Å². The third-order valence-electron chi connectivity index (χ3n) is 4.60. The van der Waals surface area contributed by atoms with Crippen molar-refractivity contribution >= 4 is 22.5 Å². The van der Waals surface area contributed by atoms with Gasteiger partial charge in [0.1, 0.15) is 5.75 Å². The molecule has 1 saturated heterocycles. The molecule has 0 radical (unpaired) electrons. The van der Waals surface area contributed by atoms with Crippen LogP contribution in [0.15, 0.2) is 53.3 Å². The van der Waals surface area contributed by atoms with Crippen LogP contribution in [0.25, 0.3) is 10.9 Å². The van der Waals surface area contributed by atoms with E-state index in [2.05, 4.69) is 14.9 Å². The number of aromatic hydroxyl groups is 1. The van der Waals surface area contributed by atoms with E-state index in [1.807, 2.05) is 12.1 Å². The van der Waals surface area contributed by atoms with E-state index >= 15 is 0 Å². The monoisotopic (exact) mass is 350 g/mol. The van der Waals surface area contributed by atoms with Crippen LogP contribution in [0, 0.1) is 0 Å². The van der Waals surface area contributed by atoms with Gasteiger partial charge >= 0.3 is 0 Å². The maximum absolute atomic E-state index is 12.7. The summed E-state index contributed by atoms with van der Waals surface area (Å²) in [5.41, 5.74) is 1.22. The molecule has 0 saturated carbocycles. The Bertz CT molecular complexity index is 1010. The lowest BCUT2D eigenvalue weighted by molar-refractivity contribution is 0.0734. The molecule has 132 valence electrons. The molecule has 0 atom stereocenters.